The van der Waals surface area contributed by atoms with E-state index in [9.17, 15) is 4.79 Å². The van der Waals surface area contributed by atoms with E-state index in [4.69, 9.17) is 16.3 Å². The maximum Gasteiger partial charge on any atom is 0.258 e. The molecule has 0 saturated heterocycles. The fourth-order valence-corrected chi connectivity index (χ4v) is 4.73. The fraction of sp³-hybridized carbons (Fsp3) is 0.200. The van der Waals surface area contributed by atoms with Crippen LogP contribution in [-0.4, -0.2) is 42.2 Å². The molecule has 0 saturated carbocycles. The predicted octanol–water partition coefficient (Wildman–Crippen LogP) is 4.67. The normalized spacial score (nSPS) is 17.2. The molecule has 0 bridgehead atoms. The van der Waals surface area contributed by atoms with Gasteiger partial charge in [0.05, 0.1) is 24.5 Å². The van der Waals surface area contributed by atoms with E-state index in [0.29, 0.717) is 35.2 Å². The van der Waals surface area contributed by atoms with Gasteiger partial charge in [0.2, 0.25) is 0 Å². The number of fused-ring (bicyclic) bond motifs is 2. The second kappa shape index (κ2) is 7.81. The van der Waals surface area contributed by atoms with Crippen LogP contribution in [0.25, 0.3) is 5.70 Å². The Morgan fingerprint density at radius 3 is 2.82 bits per heavy atom. The summed E-state index contributed by atoms with van der Waals surface area (Å²) in [6.45, 7) is 2.58. The summed E-state index contributed by atoms with van der Waals surface area (Å²) < 4.78 is 6.02. The first-order valence-corrected chi connectivity index (χ1v) is 10.0. The lowest BCUT2D eigenvalue weighted by molar-refractivity contribution is 0.0976. The molecule has 0 aliphatic carbocycles. The SMILES string of the molecule is Br.O=C(c1ccccc1)N1CCOc2c(C3=CSC4=NCCN34)cc(Cl)cc21. The van der Waals surface area contributed by atoms with Crippen molar-refractivity contribution in [2.75, 3.05) is 31.1 Å². The van der Waals surface area contributed by atoms with Crippen molar-refractivity contribution in [3.8, 4) is 5.75 Å². The van der Waals surface area contributed by atoms with Crippen LogP contribution >= 0.6 is 40.3 Å². The fourth-order valence-electron chi connectivity index (χ4n) is 3.56. The largest absolute Gasteiger partial charge is 0.489 e. The quantitative estimate of drug-likeness (QED) is 0.629. The number of ether oxygens (including phenoxy) is 1. The summed E-state index contributed by atoms with van der Waals surface area (Å²) in [5, 5.41) is 3.66. The van der Waals surface area contributed by atoms with E-state index in [2.05, 4.69) is 15.3 Å². The van der Waals surface area contributed by atoms with Crippen molar-refractivity contribution in [3.63, 3.8) is 0 Å². The summed E-state index contributed by atoms with van der Waals surface area (Å²) >= 11 is 8.05. The molecule has 5 nitrogen and oxygen atoms in total. The van der Waals surface area contributed by atoms with E-state index >= 15 is 0 Å². The van der Waals surface area contributed by atoms with E-state index in [1.807, 2.05) is 42.5 Å². The predicted molar refractivity (Wildman–Crippen MR) is 120 cm³/mol. The monoisotopic (exact) mass is 477 g/mol. The summed E-state index contributed by atoms with van der Waals surface area (Å²) in [6.07, 6.45) is 0. The van der Waals surface area contributed by atoms with Gasteiger partial charge in [-0.2, -0.15) is 0 Å². The zero-order chi connectivity index (χ0) is 18.4. The lowest BCUT2D eigenvalue weighted by atomic mass is 10.1. The number of thioether (sulfide) groups is 1. The summed E-state index contributed by atoms with van der Waals surface area (Å²) in [7, 11) is 0. The van der Waals surface area contributed by atoms with Gasteiger partial charge >= 0.3 is 0 Å². The molecule has 1 amide bonds. The van der Waals surface area contributed by atoms with Crippen molar-refractivity contribution < 1.29 is 9.53 Å². The second-order valence-electron chi connectivity index (χ2n) is 6.41. The van der Waals surface area contributed by atoms with E-state index in [1.54, 1.807) is 16.7 Å². The topological polar surface area (TPSA) is 45.1 Å². The molecule has 8 heteroatoms. The zero-order valence-electron chi connectivity index (χ0n) is 14.8. The Labute approximate surface area is 182 Å². The number of benzene rings is 2. The molecule has 3 aliphatic rings. The minimum absolute atomic E-state index is 0. The molecule has 144 valence electrons. The molecule has 0 spiro atoms. The molecule has 5 rings (SSSR count). The first-order valence-electron chi connectivity index (χ1n) is 8.75. The van der Waals surface area contributed by atoms with Gasteiger partial charge < -0.3 is 14.5 Å². The molecule has 0 aromatic heterocycles. The molecule has 2 aromatic rings. The number of amidine groups is 1. The third-order valence-corrected chi connectivity index (χ3v) is 5.92. The molecule has 0 fully saturated rings. The van der Waals surface area contributed by atoms with Gasteiger partial charge in [-0.3, -0.25) is 9.79 Å². The van der Waals surface area contributed by atoms with Gasteiger partial charge in [-0.15, -0.1) is 17.0 Å². The van der Waals surface area contributed by atoms with Crippen molar-refractivity contribution >= 4 is 62.8 Å². The van der Waals surface area contributed by atoms with Gasteiger partial charge in [-0.05, 0) is 24.3 Å². The van der Waals surface area contributed by atoms with Crippen molar-refractivity contribution in [3.05, 3.63) is 64.0 Å². The van der Waals surface area contributed by atoms with Crippen LogP contribution in [0.5, 0.6) is 5.75 Å². The smallest absolute Gasteiger partial charge is 0.258 e. The van der Waals surface area contributed by atoms with Crippen LogP contribution in [0.2, 0.25) is 5.02 Å². The van der Waals surface area contributed by atoms with Gasteiger partial charge in [0, 0.05) is 28.1 Å². The maximum absolute atomic E-state index is 13.1. The molecule has 3 heterocycles. The van der Waals surface area contributed by atoms with E-state index in [0.717, 1.165) is 29.5 Å². The number of nitrogens with zero attached hydrogens (tertiary/aromatic N) is 3. The second-order valence-corrected chi connectivity index (χ2v) is 7.68. The van der Waals surface area contributed by atoms with E-state index < -0.39 is 0 Å². The van der Waals surface area contributed by atoms with Crippen LogP contribution in [0.4, 0.5) is 5.69 Å². The van der Waals surface area contributed by atoms with Gasteiger partial charge in [-0.1, -0.05) is 41.6 Å². The maximum atomic E-state index is 13.1. The zero-order valence-corrected chi connectivity index (χ0v) is 18.1. The molecule has 2 aromatic carbocycles. The minimum atomic E-state index is -0.0495. The summed E-state index contributed by atoms with van der Waals surface area (Å²) in [5.41, 5.74) is 3.30. The summed E-state index contributed by atoms with van der Waals surface area (Å²) in [4.78, 5) is 21.5. The van der Waals surface area contributed by atoms with Gasteiger partial charge in [-0.25, -0.2) is 0 Å². The van der Waals surface area contributed by atoms with Crippen LogP contribution in [0.15, 0.2) is 52.9 Å². The highest BCUT2D eigenvalue weighted by atomic mass is 79.9. The Morgan fingerprint density at radius 2 is 2.00 bits per heavy atom. The standard InChI is InChI=1S/C20H16ClN3O2S.BrH/c21-14-10-15(17-12-27-20-22-6-7-24(17)20)18-16(11-14)23(8-9-26-18)19(25)13-4-2-1-3-5-13;/h1-5,10-12H,6-9H2;1H. The first kappa shape index (κ1) is 19.4. The van der Waals surface area contributed by atoms with Crippen molar-refractivity contribution in [2.24, 2.45) is 4.99 Å². The highest BCUT2D eigenvalue weighted by Crippen LogP contribution is 2.45. The number of amides is 1. The molecule has 0 radical (unpaired) electrons. The molecule has 0 unspecified atom stereocenters. The lowest BCUT2D eigenvalue weighted by Crippen LogP contribution is -2.38. The van der Waals surface area contributed by atoms with Crippen LogP contribution < -0.4 is 9.64 Å². The number of carbonyl (C=O) groups excluding carboxylic acids is 1. The number of halogens is 2. The Morgan fingerprint density at radius 1 is 1.18 bits per heavy atom. The number of aliphatic imine (C=N–C) groups is 1. The van der Waals surface area contributed by atoms with Crippen LogP contribution in [-0.2, 0) is 0 Å². The Kier molecular flexibility index (Phi) is 5.40. The highest BCUT2D eigenvalue weighted by Gasteiger charge is 2.33. The highest BCUT2D eigenvalue weighted by molar-refractivity contribution is 8.93. The van der Waals surface area contributed by atoms with Gasteiger partial charge in [0.1, 0.15) is 6.61 Å². The first-order chi connectivity index (χ1) is 13.2. The van der Waals surface area contributed by atoms with E-state index in [1.165, 1.54) is 0 Å². The Bertz CT molecular complexity index is 996. The third kappa shape index (κ3) is 3.21. The summed E-state index contributed by atoms with van der Waals surface area (Å²) in [6, 6.07) is 13.0. The summed E-state index contributed by atoms with van der Waals surface area (Å²) in [5.74, 6) is 0.654. The molecule has 0 atom stereocenters. The molecular weight excluding hydrogens is 462 g/mol. The number of hydrogen-bond acceptors (Lipinski definition) is 5. The van der Waals surface area contributed by atoms with Crippen LogP contribution in [0.1, 0.15) is 15.9 Å². The molecule has 28 heavy (non-hydrogen) atoms. The Balaban J connectivity index is 0.00000192. The molecular formula is C20H17BrClN3O2S. The Hall–Kier alpha value is -1.96. The number of carbonyl (C=O) groups is 1. The lowest BCUT2D eigenvalue weighted by Gasteiger charge is -2.32. The van der Waals surface area contributed by atoms with E-state index in [-0.39, 0.29) is 22.9 Å². The van der Waals surface area contributed by atoms with Crippen molar-refractivity contribution in [2.45, 2.75) is 0 Å². The number of anilines is 1. The van der Waals surface area contributed by atoms with Crippen molar-refractivity contribution in [1.29, 1.82) is 0 Å². The number of hydrogen-bond donors (Lipinski definition) is 0. The average Bonchev–Trinajstić information content (AvgIpc) is 3.31. The van der Waals surface area contributed by atoms with Crippen molar-refractivity contribution in [1.82, 2.24) is 4.90 Å². The van der Waals surface area contributed by atoms with Gasteiger partial charge in [0.15, 0.2) is 10.9 Å². The molecule has 0 N–H and O–H groups in total. The molecule has 3 aliphatic heterocycles. The number of rotatable bonds is 2. The minimum Gasteiger partial charge on any atom is -0.489 e. The average molecular weight is 479 g/mol. The van der Waals surface area contributed by atoms with Gasteiger partial charge in [0.25, 0.3) is 5.91 Å². The van der Waals surface area contributed by atoms with Crippen LogP contribution in [0, 0.1) is 0 Å². The van der Waals surface area contributed by atoms with Crippen LogP contribution in [0.3, 0.4) is 0 Å². The third-order valence-electron chi connectivity index (χ3n) is 4.80.